The highest BCUT2D eigenvalue weighted by atomic mass is 127. The van der Waals surface area contributed by atoms with Crippen molar-refractivity contribution in [2.45, 2.75) is 6.92 Å². The van der Waals surface area contributed by atoms with Gasteiger partial charge in [-0.3, -0.25) is 4.79 Å². The Morgan fingerprint density at radius 2 is 1.89 bits per heavy atom. The minimum Gasteiger partial charge on any atom is -0.289 e. The molecule has 2 heteroatoms. The second-order valence-corrected chi connectivity index (χ2v) is 5.25. The molecule has 2 aromatic rings. The van der Waals surface area contributed by atoms with Crippen molar-refractivity contribution >= 4 is 34.5 Å². The largest absolute Gasteiger partial charge is 0.289 e. The number of allylic oxidation sites excluding steroid dienone is 1. The fraction of sp³-hybridized carbons (Fsp3) is 0.0625. The van der Waals surface area contributed by atoms with Gasteiger partial charge in [-0.05, 0) is 53.3 Å². The van der Waals surface area contributed by atoms with Gasteiger partial charge < -0.3 is 0 Å². The van der Waals surface area contributed by atoms with Crippen molar-refractivity contribution in [2.24, 2.45) is 0 Å². The summed E-state index contributed by atoms with van der Waals surface area (Å²) in [6.07, 6.45) is 3.49. The van der Waals surface area contributed by atoms with E-state index in [0.717, 1.165) is 14.7 Å². The molecular weight excluding hydrogens is 335 g/mol. The van der Waals surface area contributed by atoms with E-state index in [-0.39, 0.29) is 5.78 Å². The molecule has 18 heavy (non-hydrogen) atoms. The Morgan fingerprint density at radius 3 is 2.61 bits per heavy atom. The van der Waals surface area contributed by atoms with E-state index >= 15 is 0 Å². The van der Waals surface area contributed by atoms with Crippen LogP contribution in [0.5, 0.6) is 0 Å². The molecule has 0 N–H and O–H groups in total. The molecule has 0 bridgehead atoms. The van der Waals surface area contributed by atoms with Gasteiger partial charge in [0.15, 0.2) is 5.78 Å². The SMILES string of the molecule is Cc1cccc(/C=C/C(=O)c2ccccc2I)c1. The van der Waals surface area contributed by atoms with Crippen LogP contribution in [0.3, 0.4) is 0 Å². The molecule has 0 aliphatic heterocycles. The summed E-state index contributed by atoms with van der Waals surface area (Å²) in [6.45, 7) is 2.04. The first-order chi connectivity index (χ1) is 8.66. The van der Waals surface area contributed by atoms with Gasteiger partial charge in [0.1, 0.15) is 0 Å². The summed E-state index contributed by atoms with van der Waals surface area (Å²) < 4.78 is 0.981. The highest BCUT2D eigenvalue weighted by Crippen LogP contribution is 2.13. The van der Waals surface area contributed by atoms with Crippen LogP contribution in [-0.2, 0) is 0 Å². The predicted octanol–water partition coefficient (Wildman–Crippen LogP) is 4.50. The quantitative estimate of drug-likeness (QED) is 0.454. The zero-order valence-corrected chi connectivity index (χ0v) is 12.2. The molecule has 0 aromatic heterocycles. The lowest BCUT2D eigenvalue weighted by Crippen LogP contribution is -1.96. The van der Waals surface area contributed by atoms with Crippen LogP contribution < -0.4 is 0 Å². The van der Waals surface area contributed by atoms with Gasteiger partial charge in [0.25, 0.3) is 0 Å². The van der Waals surface area contributed by atoms with Crippen LogP contribution in [0.15, 0.2) is 54.6 Å². The molecule has 2 rings (SSSR count). The maximum atomic E-state index is 12.0. The number of carbonyl (C=O) groups is 1. The Kier molecular flexibility index (Phi) is 4.31. The van der Waals surface area contributed by atoms with E-state index < -0.39 is 0 Å². The second kappa shape index (κ2) is 5.96. The lowest BCUT2D eigenvalue weighted by molar-refractivity contribution is 0.104. The molecule has 0 aliphatic carbocycles. The van der Waals surface area contributed by atoms with Crippen LogP contribution in [-0.4, -0.2) is 5.78 Å². The second-order valence-electron chi connectivity index (χ2n) is 4.09. The van der Waals surface area contributed by atoms with Crippen molar-refractivity contribution in [3.8, 4) is 0 Å². The summed E-state index contributed by atoms with van der Waals surface area (Å²) in [5.74, 6) is 0.0431. The smallest absolute Gasteiger partial charge is 0.186 e. The maximum Gasteiger partial charge on any atom is 0.186 e. The van der Waals surface area contributed by atoms with Gasteiger partial charge in [-0.2, -0.15) is 0 Å². The van der Waals surface area contributed by atoms with Crippen molar-refractivity contribution in [1.82, 2.24) is 0 Å². The zero-order chi connectivity index (χ0) is 13.0. The van der Waals surface area contributed by atoms with Crippen molar-refractivity contribution in [2.75, 3.05) is 0 Å². The van der Waals surface area contributed by atoms with E-state index in [0.29, 0.717) is 0 Å². The number of hydrogen-bond acceptors (Lipinski definition) is 1. The first-order valence-electron chi connectivity index (χ1n) is 5.70. The predicted molar refractivity (Wildman–Crippen MR) is 83.7 cm³/mol. The number of carbonyl (C=O) groups excluding carboxylic acids is 1. The van der Waals surface area contributed by atoms with Crippen molar-refractivity contribution in [3.05, 3.63) is 74.9 Å². The summed E-state index contributed by atoms with van der Waals surface area (Å²) >= 11 is 2.18. The number of ketones is 1. The van der Waals surface area contributed by atoms with E-state index in [1.807, 2.05) is 55.5 Å². The molecule has 0 saturated heterocycles. The van der Waals surface area contributed by atoms with Crippen LogP contribution in [0.4, 0.5) is 0 Å². The van der Waals surface area contributed by atoms with Gasteiger partial charge >= 0.3 is 0 Å². The molecule has 0 amide bonds. The van der Waals surface area contributed by atoms with E-state index in [1.165, 1.54) is 5.56 Å². The Morgan fingerprint density at radius 1 is 1.11 bits per heavy atom. The summed E-state index contributed by atoms with van der Waals surface area (Å²) in [4.78, 5) is 12.0. The Balaban J connectivity index is 2.20. The number of aryl methyl sites for hydroxylation is 1. The van der Waals surface area contributed by atoms with Gasteiger partial charge in [0.05, 0.1) is 0 Å². The van der Waals surface area contributed by atoms with E-state index in [1.54, 1.807) is 6.08 Å². The molecule has 0 heterocycles. The van der Waals surface area contributed by atoms with Gasteiger partial charge in [-0.25, -0.2) is 0 Å². The van der Waals surface area contributed by atoms with E-state index in [9.17, 15) is 4.79 Å². The maximum absolute atomic E-state index is 12.0. The molecule has 0 aliphatic rings. The van der Waals surface area contributed by atoms with Crippen LogP contribution in [0.25, 0.3) is 6.08 Å². The molecule has 0 radical (unpaired) electrons. The third-order valence-electron chi connectivity index (χ3n) is 2.61. The minimum absolute atomic E-state index is 0.0431. The highest BCUT2D eigenvalue weighted by molar-refractivity contribution is 14.1. The fourth-order valence-corrected chi connectivity index (χ4v) is 2.35. The monoisotopic (exact) mass is 348 g/mol. The average Bonchev–Trinajstić information content (AvgIpc) is 2.37. The number of benzene rings is 2. The summed E-state index contributed by atoms with van der Waals surface area (Å²) in [7, 11) is 0. The Bertz CT molecular complexity index is 600. The fourth-order valence-electron chi connectivity index (χ4n) is 1.70. The van der Waals surface area contributed by atoms with Gasteiger partial charge in [-0.1, -0.05) is 48.0 Å². The molecule has 0 unspecified atom stereocenters. The van der Waals surface area contributed by atoms with Crippen LogP contribution in [0, 0.1) is 10.5 Å². The first-order valence-corrected chi connectivity index (χ1v) is 6.78. The van der Waals surface area contributed by atoms with E-state index in [2.05, 4.69) is 28.7 Å². The Labute approximate surface area is 121 Å². The molecule has 2 aromatic carbocycles. The van der Waals surface area contributed by atoms with Gasteiger partial charge in [0.2, 0.25) is 0 Å². The Hall–Kier alpha value is -1.42. The summed E-state index contributed by atoms with van der Waals surface area (Å²) in [5.41, 5.74) is 3.00. The molecule has 1 nitrogen and oxygen atoms in total. The minimum atomic E-state index is 0.0431. The molecule has 90 valence electrons. The zero-order valence-electron chi connectivity index (χ0n) is 10.1. The number of halogens is 1. The van der Waals surface area contributed by atoms with Gasteiger partial charge in [0, 0.05) is 9.13 Å². The summed E-state index contributed by atoms with van der Waals surface area (Å²) in [5, 5.41) is 0. The standard InChI is InChI=1S/C16H13IO/c1-12-5-4-6-13(11-12)9-10-16(18)14-7-2-3-8-15(14)17/h2-11H,1H3/b10-9+. The van der Waals surface area contributed by atoms with Crippen LogP contribution in [0.1, 0.15) is 21.5 Å². The molecular formula is C16H13IO. The molecule has 0 atom stereocenters. The topological polar surface area (TPSA) is 17.1 Å². The first kappa shape index (κ1) is 13.0. The van der Waals surface area contributed by atoms with Gasteiger partial charge in [-0.15, -0.1) is 0 Å². The van der Waals surface area contributed by atoms with E-state index in [4.69, 9.17) is 0 Å². The normalized spacial score (nSPS) is 10.8. The summed E-state index contributed by atoms with van der Waals surface area (Å²) in [6, 6.07) is 15.7. The third kappa shape index (κ3) is 3.29. The van der Waals surface area contributed by atoms with Crippen molar-refractivity contribution in [1.29, 1.82) is 0 Å². The molecule has 0 saturated carbocycles. The lowest BCUT2D eigenvalue weighted by Gasteiger charge is -1.99. The molecule has 0 fully saturated rings. The number of hydrogen-bond donors (Lipinski definition) is 0. The van der Waals surface area contributed by atoms with Crippen molar-refractivity contribution < 1.29 is 4.79 Å². The molecule has 0 spiro atoms. The van der Waals surface area contributed by atoms with Crippen LogP contribution in [0.2, 0.25) is 0 Å². The van der Waals surface area contributed by atoms with Crippen LogP contribution >= 0.6 is 22.6 Å². The lowest BCUT2D eigenvalue weighted by atomic mass is 10.1. The number of rotatable bonds is 3. The average molecular weight is 348 g/mol. The highest BCUT2D eigenvalue weighted by Gasteiger charge is 2.04. The van der Waals surface area contributed by atoms with Crippen molar-refractivity contribution in [3.63, 3.8) is 0 Å². The third-order valence-corrected chi connectivity index (χ3v) is 3.55.